The first-order valence-corrected chi connectivity index (χ1v) is 3.74. The Morgan fingerprint density at radius 1 is 1.38 bits per heavy atom. The molecule has 0 atom stereocenters. The lowest BCUT2D eigenvalue weighted by atomic mass is 10.6. The van der Waals surface area contributed by atoms with Crippen LogP contribution in [0.1, 0.15) is 0 Å². The molecular formula is C6H9N7. The van der Waals surface area contributed by atoms with E-state index in [1.54, 1.807) is 22.6 Å². The summed E-state index contributed by atoms with van der Waals surface area (Å²) in [5.74, 6) is 0.591. The quantitative estimate of drug-likeness (QED) is 0.684. The van der Waals surface area contributed by atoms with E-state index in [1.165, 1.54) is 0 Å². The van der Waals surface area contributed by atoms with Crippen molar-refractivity contribution in [1.29, 1.82) is 0 Å². The summed E-state index contributed by atoms with van der Waals surface area (Å²) in [6.07, 6.45) is 3.54. The number of aromatic nitrogens is 6. The van der Waals surface area contributed by atoms with E-state index in [2.05, 4.69) is 25.9 Å². The molecule has 0 aliphatic rings. The largest absolute Gasteiger partial charge is 0.320 e. The van der Waals surface area contributed by atoms with Crippen molar-refractivity contribution in [3.8, 4) is 0 Å². The Labute approximate surface area is 74.4 Å². The summed E-state index contributed by atoms with van der Waals surface area (Å²) in [4.78, 5) is 0. The molecule has 0 fully saturated rings. The van der Waals surface area contributed by atoms with Crippen LogP contribution in [0.2, 0.25) is 0 Å². The lowest BCUT2D eigenvalue weighted by Crippen LogP contribution is -1.99. The Balaban J connectivity index is 2.19. The van der Waals surface area contributed by atoms with Crippen LogP contribution in [0.25, 0.3) is 0 Å². The molecule has 2 rings (SSSR count). The first-order chi connectivity index (χ1) is 6.25. The fourth-order valence-corrected chi connectivity index (χ4v) is 0.950. The second kappa shape index (κ2) is 2.85. The number of hydrogen-bond donors (Lipinski definition) is 1. The van der Waals surface area contributed by atoms with Crippen LogP contribution in [-0.2, 0) is 14.1 Å². The lowest BCUT2D eigenvalue weighted by molar-refractivity contribution is 0.715. The third kappa shape index (κ3) is 1.48. The van der Waals surface area contributed by atoms with Gasteiger partial charge in [-0.2, -0.15) is 5.10 Å². The SMILES string of the molecule is Cn1cc(Nc2nnnn2C)cn1. The van der Waals surface area contributed by atoms with Crippen LogP contribution < -0.4 is 5.32 Å². The summed E-state index contributed by atoms with van der Waals surface area (Å²) < 4.78 is 3.25. The second-order valence-electron chi connectivity index (χ2n) is 2.65. The number of aryl methyl sites for hydroxylation is 2. The molecular weight excluding hydrogens is 170 g/mol. The van der Waals surface area contributed by atoms with E-state index in [0.717, 1.165) is 5.69 Å². The number of tetrazole rings is 1. The molecule has 0 aliphatic carbocycles. The van der Waals surface area contributed by atoms with E-state index in [0.29, 0.717) is 5.95 Å². The molecule has 68 valence electrons. The van der Waals surface area contributed by atoms with Crippen LogP contribution in [0.3, 0.4) is 0 Å². The van der Waals surface area contributed by atoms with Gasteiger partial charge in [-0.25, -0.2) is 4.68 Å². The van der Waals surface area contributed by atoms with Crippen molar-refractivity contribution in [2.45, 2.75) is 0 Å². The van der Waals surface area contributed by atoms with Crippen molar-refractivity contribution in [2.24, 2.45) is 14.1 Å². The molecule has 13 heavy (non-hydrogen) atoms. The van der Waals surface area contributed by atoms with Gasteiger partial charge in [-0.05, 0) is 10.4 Å². The van der Waals surface area contributed by atoms with Gasteiger partial charge in [0.05, 0.1) is 11.9 Å². The van der Waals surface area contributed by atoms with Gasteiger partial charge in [0.15, 0.2) is 0 Å². The van der Waals surface area contributed by atoms with Gasteiger partial charge in [-0.15, -0.1) is 0 Å². The minimum atomic E-state index is 0.591. The molecule has 0 saturated carbocycles. The summed E-state index contributed by atoms with van der Waals surface area (Å²) in [5.41, 5.74) is 0.861. The second-order valence-corrected chi connectivity index (χ2v) is 2.65. The number of rotatable bonds is 2. The van der Waals surface area contributed by atoms with E-state index in [4.69, 9.17) is 0 Å². The summed E-state index contributed by atoms with van der Waals surface area (Å²) in [7, 11) is 3.61. The Bertz CT molecular complexity index is 401. The predicted molar refractivity (Wildman–Crippen MR) is 45.3 cm³/mol. The molecule has 0 unspecified atom stereocenters. The van der Waals surface area contributed by atoms with Gasteiger partial charge in [0.1, 0.15) is 0 Å². The van der Waals surface area contributed by atoms with Gasteiger partial charge < -0.3 is 5.32 Å². The molecule has 2 heterocycles. The topological polar surface area (TPSA) is 73.5 Å². The van der Waals surface area contributed by atoms with Gasteiger partial charge in [0.2, 0.25) is 5.95 Å². The van der Waals surface area contributed by atoms with Gasteiger partial charge in [-0.3, -0.25) is 4.68 Å². The van der Waals surface area contributed by atoms with Crippen molar-refractivity contribution in [3.05, 3.63) is 12.4 Å². The van der Waals surface area contributed by atoms with Gasteiger partial charge in [-0.1, -0.05) is 5.10 Å². The highest BCUT2D eigenvalue weighted by Gasteiger charge is 2.02. The van der Waals surface area contributed by atoms with Gasteiger partial charge in [0.25, 0.3) is 0 Å². The van der Waals surface area contributed by atoms with Crippen molar-refractivity contribution in [1.82, 2.24) is 30.0 Å². The van der Waals surface area contributed by atoms with E-state index < -0.39 is 0 Å². The third-order valence-corrected chi connectivity index (χ3v) is 1.58. The number of nitrogens with one attached hydrogen (secondary N) is 1. The Morgan fingerprint density at radius 3 is 2.77 bits per heavy atom. The monoisotopic (exact) mass is 179 g/mol. The smallest absolute Gasteiger partial charge is 0.247 e. The molecule has 7 heteroatoms. The van der Waals surface area contributed by atoms with Crippen molar-refractivity contribution in [2.75, 3.05) is 5.32 Å². The Morgan fingerprint density at radius 2 is 2.23 bits per heavy atom. The normalized spacial score (nSPS) is 10.3. The molecule has 0 saturated heterocycles. The van der Waals surface area contributed by atoms with Crippen LogP contribution in [0, 0.1) is 0 Å². The highest BCUT2D eigenvalue weighted by molar-refractivity contribution is 5.49. The molecule has 0 bridgehead atoms. The van der Waals surface area contributed by atoms with Gasteiger partial charge >= 0.3 is 0 Å². The first-order valence-electron chi connectivity index (χ1n) is 3.74. The average Bonchev–Trinajstić information content (AvgIpc) is 2.64. The van der Waals surface area contributed by atoms with Crippen LogP contribution in [0.15, 0.2) is 12.4 Å². The van der Waals surface area contributed by atoms with Crippen LogP contribution in [-0.4, -0.2) is 30.0 Å². The predicted octanol–water partition coefficient (Wildman–Crippen LogP) is -0.313. The van der Waals surface area contributed by atoms with E-state index in [-0.39, 0.29) is 0 Å². The maximum absolute atomic E-state index is 4.00. The summed E-state index contributed by atoms with van der Waals surface area (Å²) in [6, 6.07) is 0. The first kappa shape index (κ1) is 7.71. The molecule has 0 spiro atoms. The Kier molecular flexibility index (Phi) is 1.69. The minimum Gasteiger partial charge on any atom is -0.320 e. The summed E-state index contributed by atoms with van der Waals surface area (Å²) in [5, 5.41) is 18.0. The molecule has 0 radical (unpaired) electrons. The summed E-state index contributed by atoms with van der Waals surface area (Å²) >= 11 is 0. The molecule has 0 amide bonds. The van der Waals surface area contributed by atoms with Crippen LogP contribution >= 0.6 is 0 Å². The van der Waals surface area contributed by atoms with Gasteiger partial charge in [0, 0.05) is 20.3 Å². The average molecular weight is 179 g/mol. The number of anilines is 2. The van der Waals surface area contributed by atoms with E-state index in [9.17, 15) is 0 Å². The molecule has 0 aromatic carbocycles. The van der Waals surface area contributed by atoms with Crippen molar-refractivity contribution in [3.63, 3.8) is 0 Å². The van der Waals surface area contributed by atoms with E-state index in [1.807, 2.05) is 13.2 Å². The zero-order valence-corrected chi connectivity index (χ0v) is 7.34. The molecule has 0 aliphatic heterocycles. The molecule has 7 nitrogen and oxygen atoms in total. The number of nitrogens with zero attached hydrogens (tertiary/aromatic N) is 6. The maximum atomic E-state index is 4.00. The van der Waals surface area contributed by atoms with Crippen molar-refractivity contribution >= 4 is 11.6 Å². The zero-order chi connectivity index (χ0) is 9.26. The zero-order valence-electron chi connectivity index (χ0n) is 7.34. The van der Waals surface area contributed by atoms with Crippen LogP contribution in [0.5, 0.6) is 0 Å². The molecule has 2 aromatic rings. The highest BCUT2D eigenvalue weighted by atomic mass is 15.6. The summed E-state index contributed by atoms with van der Waals surface area (Å²) in [6.45, 7) is 0. The van der Waals surface area contributed by atoms with Crippen molar-refractivity contribution < 1.29 is 0 Å². The lowest BCUT2D eigenvalue weighted by Gasteiger charge is -1.98. The highest BCUT2D eigenvalue weighted by Crippen LogP contribution is 2.09. The number of hydrogen-bond acceptors (Lipinski definition) is 5. The minimum absolute atomic E-state index is 0.591. The third-order valence-electron chi connectivity index (χ3n) is 1.58. The molecule has 2 aromatic heterocycles. The Hall–Kier alpha value is -1.92. The fourth-order valence-electron chi connectivity index (χ4n) is 0.950. The van der Waals surface area contributed by atoms with E-state index >= 15 is 0 Å². The maximum Gasteiger partial charge on any atom is 0.247 e. The standard InChI is InChI=1S/C6H9N7/c1-12-4-5(3-7-12)8-6-9-10-11-13(6)2/h3-4H,1-2H3,(H,8,9,11). The van der Waals surface area contributed by atoms with Crippen LogP contribution in [0.4, 0.5) is 11.6 Å². The molecule has 1 N–H and O–H groups in total. The fraction of sp³-hybridized carbons (Fsp3) is 0.333.